The summed E-state index contributed by atoms with van der Waals surface area (Å²) < 4.78 is 0. The van der Waals surface area contributed by atoms with Crippen LogP contribution in [0.15, 0.2) is 12.2 Å². The van der Waals surface area contributed by atoms with Crippen LogP contribution in [0.2, 0.25) is 0 Å². The molecule has 17 heavy (non-hydrogen) atoms. The van der Waals surface area contributed by atoms with Gasteiger partial charge >= 0.3 is 0 Å². The van der Waals surface area contributed by atoms with Gasteiger partial charge in [-0.05, 0) is 49.9 Å². The van der Waals surface area contributed by atoms with Gasteiger partial charge in [-0.15, -0.1) is 0 Å². The first-order valence-electron chi connectivity index (χ1n) is 6.79. The molecule has 0 aromatic rings. The number of hydrogen-bond acceptors (Lipinski definition) is 2. The topological polar surface area (TPSA) is 37.3 Å². The van der Waals surface area contributed by atoms with Crippen LogP contribution >= 0.6 is 0 Å². The van der Waals surface area contributed by atoms with Gasteiger partial charge in [0.15, 0.2) is 0 Å². The van der Waals surface area contributed by atoms with Crippen molar-refractivity contribution in [2.45, 2.75) is 46.1 Å². The molecule has 0 aliphatic heterocycles. The molecule has 0 heterocycles. The lowest BCUT2D eigenvalue weighted by Gasteiger charge is -2.43. The van der Waals surface area contributed by atoms with Crippen LogP contribution in [0.25, 0.3) is 0 Å². The van der Waals surface area contributed by atoms with Gasteiger partial charge in [-0.2, -0.15) is 0 Å². The number of fused-ring (bicyclic) bond motifs is 1. The van der Waals surface area contributed by atoms with Crippen molar-refractivity contribution in [2.75, 3.05) is 0 Å². The molecule has 0 amide bonds. The Morgan fingerprint density at radius 1 is 1.41 bits per heavy atom. The average molecular weight is 236 g/mol. The lowest BCUT2D eigenvalue weighted by Crippen LogP contribution is -2.43. The largest absolute Gasteiger partial charge is 0.392 e. The quantitative estimate of drug-likeness (QED) is 0.749. The summed E-state index contributed by atoms with van der Waals surface area (Å²) in [5, 5.41) is 10.3. The van der Waals surface area contributed by atoms with Crippen molar-refractivity contribution >= 4 is 5.78 Å². The molecule has 2 saturated carbocycles. The number of aliphatic hydroxyl groups excluding tert-OH is 1. The molecule has 0 spiro atoms. The van der Waals surface area contributed by atoms with E-state index in [1.165, 1.54) is 5.57 Å². The SMILES string of the molecule is C=C1CC(O)C(C(C)C)C2C1CCC2C(C)=O. The molecule has 0 saturated heterocycles. The molecule has 2 nitrogen and oxygen atoms in total. The third-order valence-corrected chi connectivity index (χ3v) is 4.89. The maximum absolute atomic E-state index is 11.8. The molecular formula is C15H24O2. The summed E-state index contributed by atoms with van der Waals surface area (Å²) in [6, 6.07) is 0. The fraction of sp³-hybridized carbons (Fsp3) is 0.800. The summed E-state index contributed by atoms with van der Waals surface area (Å²) in [4.78, 5) is 11.8. The van der Waals surface area contributed by atoms with Gasteiger partial charge in [0.25, 0.3) is 0 Å². The first-order chi connectivity index (χ1) is 7.93. The summed E-state index contributed by atoms with van der Waals surface area (Å²) in [5.74, 6) is 1.96. The van der Waals surface area contributed by atoms with Crippen molar-refractivity contribution in [3.63, 3.8) is 0 Å². The Balaban J connectivity index is 2.32. The van der Waals surface area contributed by atoms with Gasteiger partial charge in [-0.3, -0.25) is 4.79 Å². The van der Waals surface area contributed by atoms with Gasteiger partial charge < -0.3 is 5.11 Å². The van der Waals surface area contributed by atoms with E-state index in [0.29, 0.717) is 23.5 Å². The molecule has 0 aromatic heterocycles. The summed E-state index contributed by atoms with van der Waals surface area (Å²) in [7, 11) is 0. The van der Waals surface area contributed by atoms with Crippen molar-refractivity contribution < 1.29 is 9.90 Å². The highest BCUT2D eigenvalue weighted by Crippen LogP contribution is 2.52. The second kappa shape index (κ2) is 4.56. The fourth-order valence-electron chi connectivity index (χ4n) is 4.21. The third-order valence-electron chi connectivity index (χ3n) is 4.89. The Kier molecular flexibility index (Phi) is 3.44. The van der Waals surface area contributed by atoms with Gasteiger partial charge in [-0.1, -0.05) is 26.0 Å². The van der Waals surface area contributed by atoms with E-state index in [2.05, 4.69) is 20.4 Å². The fourth-order valence-corrected chi connectivity index (χ4v) is 4.21. The highest BCUT2D eigenvalue weighted by Gasteiger charge is 2.50. The molecule has 5 unspecified atom stereocenters. The molecule has 1 N–H and O–H groups in total. The predicted molar refractivity (Wildman–Crippen MR) is 68.5 cm³/mol. The number of Topliss-reactive ketones (excluding diaryl/α,β-unsaturated/α-hetero) is 1. The minimum atomic E-state index is -0.302. The molecule has 2 aliphatic carbocycles. The Labute approximate surface area is 104 Å². The molecule has 0 aromatic carbocycles. The molecular weight excluding hydrogens is 212 g/mol. The minimum Gasteiger partial charge on any atom is -0.392 e. The van der Waals surface area contributed by atoms with Crippen molar-refractivity contribution in [3.05, 3.63) is 12.2 Å². The zero-order valence-electron chi connectivity index (χ0n) is 11.1. The van der Waals surface area contributed by atoms with Crippen molar-refractivity contribution in [3.8, 4) is 0 Å². The van der Waals surface area contributed by atoms with Crippen LogP contribution in [0.4, 0.5) is 0 Å². The van der Waals surface area contributed by atoms with Gasteiger partial charge in [0, 0.05) is 5.92 Å². The number of hydrogen-bond donors (Lipinski definition) is 1. The maximum atomic E-state index is 11.8. The smallest absolute Gasteiger partial charge is 0.133 e. The number of carbonyl (C=O) groups is 1. The van der Waals surface area contributed by atoms with E-state index in [9.17, 15) is 9.90 Å². The molecule has 5 atom stereocenters. The molecule has 96 valence electrons. The first kappa shape index (κ1) is 12.8. The summed E-state index contributed by atoms with van der Waals surface area (Å²) in [5.41, 5.74) is 1.17. The molecule has 2 aliphatic rings. The van der Waals surface area contributed by atoms with E-state index in [1.54, 1.807) is 6.92 Å². The van der Waals surface area contributed by atoms with E-state index in [4.69, 9.17) is 0 Å². The first-order valence-corrected chi connectivity index (χ1v) is 6.79. The van der Waals surface area contributed by atoms with Crippen LogP contribution in [-0.4, -0.2) is 17.0 Å². The monoisotopic (exact) mass is 236 g/mol. The van der Waals surface area contributed by atoms with Gasteiger partial charge in [0.05, 0.1) is 6.10 Å². The van der Waals surface area contributed by atoms with Crippen LogP contribution in [-0.2, 0) is 4.79 Å². The summed E-state index contributed by atoms with van der Waals surface area (Å²) in [6.07, 6.45) is 2.50. The van der Waals surface area contributed by atoms with Crippen LogP contribution in [0, 0.1) is 29.6 Å². The number of carbonyl (C=O) groups excluding carboxylic acids is 1. The zero-order valence-corrected chi connectivity index (χ0v) is 11.1. The molecule has 2 heteroatoms. The molecule has 2 fully saturated rings. The predicted octanol–water partition coefficient (Wildman–Crippen LogP) is 2.81. The standard InChI is InChI=1S/C15H24O2/c1-8(2)14-13(17)7-9(3)11-5-6-12(10(4)16)15(11)14/h8,11-15,17H,3,5-7H2,1-2,4H3. The Hall–Kier alpha value is -0.630. The lowest BCUT2D eigenvalue weighted by atomic mass is 9.63. The Bertz CT molecular complexity index is 326. The van der Waals surface area contributed by atoms with Gasteiger partial charge in [-0.25, -0.2) is 0 Å². The van der Waals surface area contributed by atoms with Crippen LogP contribution < -0.4 is 0 Å². The van der Waals surface area contributed by atoms with Crippen molar-refractivity contribution in [2.24, 2.45) is 29.6 Å². The highest BCUT2D eigenvalue weighted by atomic mass is 16.3. The normalized spacial score (nSPS) is 41.7. The van der Waals surface area contributed by atoms with Crippen LogP contribution in [0.3, 0.4) is 0 Å². The summed E-state index contributed by atoms with van der Waals surface area (Å²) >= 11 is 0. The third kappa shape index (κ3) is 2.08. The lowest BCUT2D eigenvalue weighted by molar-refractivity contribution is -0.124. The van der Waals surface area contributed by atoms with E-state index in [0.717, 1.165) is 19.3 Å². The highest BCUT2D eigenvalue weighted by molar-refractivity contribution is 5.79. The summed E-state index contributed by atoms with van der Waals surface area (Å²) in [6.45, 7) is 10.1. The van der Waals surface area contributed by atoms with Crippen LogP contribution in [0.5, 0.6) is 0 Å². The number of rotatable bonds is 2. The minimum absolute atomic E-state index is 0.152. The van der Waals surface area contributed by atoms with Gasteiger partial charge in [0.2, 0.25) is 0 Å². The van der Waals surface area contributed by atoms with Crippen LogP contribution in [0.1, 0.15) is 40.0 Å². The molecule has 0 bridgehead atoms. The van der Waals surface area contributed by atoms with E-state index in [-0.39, 0.29) is 17.9 Å². The number of ketones is 1. The molecule has 0 radical (unpaired) electrons. The van der Waals surface area contributed by atoms with E-state index in [1.807, 2.05) is 0 Å². The maximum Gasteiger partial charge on any atom is 0.133 e. The molecule has 2 rings (SSSR count). The van der Waals surface area contributed by atoms with E-state index >= 15 is 0 Å². The second-order valence-electron chi connectivity index (χ2n) is 6.23. The Morgan fingerprint density at radius 2 is 2.06 bits per heavy atom. The average Bonchev–Trinajstić information content (AvgIpc) is 2.61. The zero-order chi connectivity index (χ0) is 12.7. The van der Waals surface area contributed by atoms with Crippen molar-refractivity contribution in [1.82, 2.24) is 0 Å². The van der Waals surface area contributed by atoms with Crippen molar-refractivity contribution in [1.29, 1.82) is 0 Å². The second-order valence-corrected chi connectivity index (χ2v) is 6.23. The van der Waals surface area contributed by atoms with E-state index < -0.39 is 0 Å². The van der Waals surface area contributed by atoms with Gasteiger partial charge in [0.1, 0.15) is 5.78 Å². The Morgan fingerprint density at radius 3 is 2.59 bits per heavy atom. The number of aliphatic hydroxyl groups is 1.